The highest BCUT2D eigenvalue weighted by atomic mass is 16.2. The van der Waals surface area contributed by atoms with Gasteiger partial charge in [-0.25, -0.2) is 9.78 Å². The van der Waals surface area contributed by atoms with Crippen LogP contribution in [-0.2, 0) is 6.54 Å². The number of imidazole rings is 1. The fourth-order valence-corrected chi connectivity index (χ4v) is 1.92. The van der Waals surface area contributed by atoms with E-state index in [1.165, 1.54) is 6.42 Å². The van der Waals surface area contributed by atoms with Crippen molar-refractivity contribution in [3.63, 3.8) is 0 Å². The lowest BCUT2D eigenvalue weighted by Gasteiger charge is -2.26. The minimum atomic E-state index is 0.0693. The van der Waals surface area contributed by atoms with Crippen LogP contribution in [0.3, 0.4) is 0 Å². The summed E-state index contributed by atoms with van der Waals surface area (Å²) in [5.74, 6) is 0. The molecule has 0 aliphatic carbocycles. The first-order valence-electron chi connectivity index (χ1n) is 5.85. The number of nitrogens with zero attached hydrogens (tertiary/aromatic N) is 3. The molecule has 1 aliphatic heterocycles. The second kappa shape index (κ2) is 5.53. The predicted octanol–water partition coefficient (Wildman–Crippen LogP) is 1.08. The van der Waals surface area contributed by atoms with Crippen molar-refractivity contribution in [2.75, 3.05) is 19.6 Å². The third-order valence-electron chi connectivity index (χ3n) is 2.85. The normalized spacial score (nSPS) is 16.1. The summed E-state index contributed by atoms with van der Waals surface area (Å²) in [6.07, 6.45) is 8.91. The highest BCUT2D eigenvalue weighted by molar-refractivity contribution is 5.74. The summed E-state index contributed by atoms with van der Waals surface area (Å²) in [6.45, 7) is 3.24. The molecule has 0 saturated carbocycles. The Bertz CT molecular complexity index is 317. The van der Waals surface area contributed by atoms with Gasteiger partial charge in [0.2, 0.25) is 0 Å². The van der Waals surface area contributed by atoms with Gasteiger partial charge in [-0.2, -0.15) is 0 Å². The number of hydrogen-bond acceptors (Lipinski definition) is 2. The summed E-state index contributed by atoms with van der Waals surface area (Å²) < 4.78 is 1.95. The zero-order valence-corrected chi connectivity index (χ0v) is 9.43. The van der Waals surface area contributed by atoms with Gasteiger partial charge in [0.25, 0.3) is 0 Å². The Labute approximate surface area is 95.5 Å². The minimum Gasteiger partial charge on any atom is -0.336 e. The summed E-state index contributed by atoms with van der Waals surface area (Å²) in [4.78, 5) is 17.6. The van der Waals surface area contributed by atoms with Crippen molar-refractivity contribution in [1.82, 2.24) is 19.8 Å². The molecule has 0 bridgehead atoms. The van der Waals surface area contributed by atoms with Gasteiger partial charge in [-0.1, -0.05) is 0 Å². The average Bonchev–Trinajstić information content (AvgIpc) is 2.83. The smallest absolute Gasteiger partial charge is 0.317 e. The van der Waals surface area contributed by atoms with Crippen LogP contribution in [0.25, 0.3) is 0 Å². The Morgan fingerprint density at radius 3 is 2.81 bits per heavy atom. The number of carbonyl (C=O) groups is 1. The predicted molar refractivity (Wildman–Crippen MR) is 61.0 cm³/mol. The van der Waals surface area contributed by atoms with Crippen molar-refractivity contribution in [2.24, 2.45) is 0 Å². The maximum absolute atomic E-state index is 11.7. The van der Waals surface area contributed by atoms with Crippen LogP contribution in [0.4, 0.5) is 4.79 Å². The fraction of sp³-hybridized carbons (Fsp3) is 0.636. The van der Waals surface area contributed by atoms with Crippen molar-refractivity contribution in [3.05, 3.63) is 18.7 Å². The van der Waals surface area contributed by atoms with Gasteiger partial charge in [0.15, 0.2) is 0 Å². The summed E-state index contributed by atoms with van der Waals surface area (Å²) in [6, 6.07) is 0.0693. The lowest BCUT2D eigenvalue weighted by atomic mass is 10.1. The molecule has 1 N–H and O–H groups in total. The number of nitrogens with one attached hydrogen (secondary N) is 1. The van der Waals surface area contributed by atoms with E-state index in [0.717, 1.165) is 32.5 Å². The third kappa shape index (κ3) is 2.98. The maximum atomic E-state index is 11.7. The monoisotopic (exact) mass is 222 g/mol. The molecule has 88 valence electrons. The molecule has 0 unspecified atom stereocenters. The van der Waals surface area contributed by atoms with E-state index in [2.05, 4.69) is 10.3 Å². The van der Waals surface area contributed by atoms with Crippen molar-refractivity contribution >= 4 is 6.03 Å². The number of aromatic nitrogens is 2. The highest BCUT2D eigenvalue weighted by Gasteiger charge is 2.15. The molecule has 5 heteroatoms. The second-order valence-electron chi connectivity index (χ2n) is 4.08. The Kier molecular flexibility index (Phi) is 3.80. The number of hydrogen-bond donors (Lipinski definition) is 1. The lowest BCUT2D eigenvalue weighted by molar-refractivity contribution is 0.186. The second-order valence-corrected chi connectivity index (χ2v) is 4.08. The van der Waals surface area contributed by atoms with Gasteiger partial charge in [0.1, 0.15) is 0 Å². The highest BCUT2D eigenvalue weighted by Crippen LogP contribution is 2.08. The molecule has 1 aliphatic rings. The first kappa shape index (κ1) is 11.0. The van der Waals surface area contributed by atoms with Crippen LogP contribution in [0.15, 0.2) is 18.7 Å². The molecule has 2 amide bonds. The lowest BCUT2D eigenvalue weighted by Crippen LogP contribution is -2.43. The summed E-state index contributed by atoms with van der Waals surface area (Å²) in [5.41, 5.74) is 0. The Morgan fingerprint density at radius 1 is 1.31 bits per heavy atom. The molecule has 0 radical (unpaired) electrons. The number of rotatable bonds is 3. The number of likely N-dealkylation sites (tertiary alicyclic amines) is 1. The van der Waals surface area contributed by atoms with Crippen LogP contribution < -0.4 is 5.32 Å². The molecule has 1 fully saturated rings. The topological polar surface area (TPSA) is 50.2 Å². The van der Waals surface area contributed by atoms with E-state index in [1.807, 2.05) is 15.7 Å². The van der Waals surface area contributed by atoms with E-state index >= 15 is 0 Å². The summed E-state index contributed by atoms with van der Waals surface area (Å²) in [7, 11) is 0. The number of urea groups is 1. The van der Waals surface area contributed by atoms with Crippen LogP contribution in [0.5, 0.6) is 0 Å². The molecule has 5 nitrogen and oxygen atoms in total. The average molecular weight is 222 g/mol. The van der Waals surface area contributed by atoms with Crippen molar-refractivity contribution < 1.29 is 4.79 Å². The third-order valence-corrected chi connectivity index (χ3v) is 2.85. The van der Waals surface area contributed by atoms with Gasteiger partial charge in [0, 0.05) is 38.6 Å². The van der Waals surface area contributed by atoms with E-state index in [-0.39, 0.29) is 6.03 Å². The summed E-state index contributed by atoms with van der Waals surface area (Å²) >= 11 is 0. The van der Waals surface area contributed by atoms with Gasteiger partial charge in [0.05, 0.1) is 6.33 Å². The molecule has 0 spiro atoms. The van der Waals surface area contributed by atoms with Crippen LogP contribution in [0, 0.1) is 0 Å². The van der Waals surface area contributed by atoms with E-state index in [1.54, 1.807) is 12.5 Å². The minimum absolute atomic E-state index is 0.0693. The van der Waals surface area contributed by atoms with Crippen LogP contribution >= 0.6 is 0 Å². The number of amides is 2. The maximum Gasteiger partial charge on any atom is 0.317 e. The first-order chi connectivity index (χ1) is 7.86. The molecular weight excluding hydrogens is 204 g/mol. The van der Waals surface area contributed by atoms with E-state index in [9.17, 15) is 4.79 Å². The zero-order chi connectivity index (χ0) is 11.2. The van der Waals surface area contributed by atoms with Crippen LogP contribution in [-0.4, -0.2) is 40.1 Å². The molecule has 1 aromatic rings. The van der Waals surface area contributed by atoms with Gasteiger partial charge in [-0.15, -0.1) is 0 Å². The molecule has 0 atom stereocenters. The van der Waals surface area contributed by atoms with E-state index in [0.29, 0.717) is 6.54 Å². The van der Waals surface area contributed by atoms with Gasteiger partial charge in [-0.3, -0.25) is 0 Å². The van der Waals surface area contributed by atoms with Crippen LogP contribution in [0.1, 0.15) is 19.3 Å². The standard InChI is InChI=1S/C11H18N4O/c16-11(15-6-2-1-3-7-15)13-5-9-14-8-4-12-10-14/h4,8,10H,1-3,5-7,9H2,(H,13,16). The van der Waals surface area contributed by atoms with Gasteiger partial charge < -0.3 is 14.8 Å². The molecule has 2 rings (SSSR count). The number of carbonyl (C=O) groups excluding carboxylic acids is 1. The van der Waals surface area contributed by atoms with Crippen molar-refractivity contribution in [2.45, 2.75) is 25.8 Å². The fourth-order valence-electron chi connectivity index (χ4n) is 1.92. The number of piperidine rings is 1. The molecule has 0 aromatic carbocycles. The van der Waals surface area contributed by atoms with E-state index < -0.39 is 0 Å². The Morgan fingerprint density at radius 2 is 2.12 bits per heavy atom. The van der Waals surface area contributed by atoms with Gasteiger partial charge in [-0.05, 0) is 19.3 Å². The van der Waals surface area contributed by atoms with Gasteiger partial charge >= 0.3 is 6.03 Å². The van der Waals surface area contributed by atoms with Crippen molar-refractivity contribution in [3.8, 4) is 0 Å². The zero-order valence-electron chi connectivity index (χ0n) is 9.43. The molecule has 1 saturated heterocycles. The quantitative estimate of drug-likeness (QED) is 0.832. The molecule has 2 heterocycles. The molecule has 1 aromatic heterocycles. The molecular formula is C11H18N4O. The Balaban J connectivity index is 1.67. The summed E-state index contributed by atoms with van der Waals surface area (Å²) in [5, 5.41) is 2.93. The Hall–Kier alpha value is -1.52. The van der Waals surface area contributed by atoms with Crippen LogP contribution in [0.2, 0.25) is 0 Å². The van der Waals surface area contributed by atoms with Crippen molar-refractivity contribution in [1.29, 1.82) is 0 Å². The van der Waals surface area contributed by atoms with E-state index in [4.69, 9.17) is 0 Å². The SMILES string of the molecule is O=C(NCCn1ccnc1)N1CCCCC1. The molecule has 16 heavy (non-hydrogen) atoms. The first-order valence-corrected chi connectivity index (χ1v) is 5.85. The largest absolute Gasteiger partial charge is 0.336 e.